The quantitative estimate of drug-likeness (QED) is 0.897. The molecule has 4 heteroatoms. The Hall–Kier alpha value is -2.10. The van der Waals surface area contributed by atoms with Crippen LogP contribution in [0.5, 0.6) is 0 Å². The molecule has 0 saturated carbocycles. The largest absolute Gasteiger partial charge is 0.477 e. The number of fused-ring (bicyclic) bond motifs is 1. The van der Waals surface area contributed by atoms with E-state index in [1.165, 1.54) is 24.9 Å². The molecule has 2 heterocycles. The summed E-state index contributed by atoms with van der Waals surface area (Å²) in [5.74, 6) is -0.984. The number of carboxylic acids is 1. The fourth-order valence-corrected chi connectivity index (χ4v) is 2.58. The summed E-state index contributed by atoms with van der Waals surface area (Å²) >= 11 is 0. The van der Waals surface area contributed by atoms with E-state index in [0.29, 0.717) is 0 Å². The fourth-order valence-electron chi connectivity index (χ4n) is 2.58. The van der Waals surface area contributed by atoms with Crippen LogP contribution in [0.2, 0.25) is 0 Å². The van der Waals surface area contributed by atoms with Crippen molar-refractivity contribution < 1.29 is 9.90 Å². The molecule has 0 bridgehead atoms. The lowest BCUT2D eigenvalue weighted by atomic mass is 10.1. The summed E-state index contributed by atoms with van der Waals surface area (Å²) in [6.07, 6.45) is 3.80. The maximum Gasteiger partial charge on any atom is 0.354 e. The molecule has 4 nitrogen and oxygen atoms in total. The summed E-state index contributed by atoms with van der Waals surface area (Å²) < 4.78 is 0. The third kappa shape index (κ3) is 2.38. The highest BCUT2D eigenvalue weighted by Crippen LogP contribution is 2.24. The first-order valence-electron chi connectivity index (χ1n) is 6.63. The summed E-state index contributed by atoms with van der Waals surface area (Å²) in [5.41, 5.74) is 2.04. The van der Waals surface area contributed by atoms with Crippen molar-refractivity contribution in [2.24, 2.45) is 0 Å². The van der Waals surface area contributed by atoms with Gasteiger partial charge in [-0.1, -0.05) is 6.07 Å². The van der Waals surface area contributed by atoms with Crippen LogP contribution in [0.15, 0.2) is 30.3 Å². The van der Waals surface area contributed by atoms with Gasteiger partial charge in [0.25, 0.3) is 0 Å². The van der Waals surface area contributed by atoms with Gasteiger partial charge in [-0.3, -0.25) is 0 Å². The van der Waals surface area contributed by atoms with Crippen molar-refractivity contribution in [1.82, 2.24) is 4.98 Å². The summed E-state index contributed by atoms with van der Waals surface area (Å²) in [7, 11) is 0. The molecule has 1 aromatic carbocycles. The van der Waals surface area contributed by atoms with Gasteiger partial charge < -0.3 is 10.0 Å². The average Bonchev–Trinajstić information content (AvgIpc) is 2.47. The van der Waals surface area contributed by atoms with Gasteiger partial charge in [0.1, 0.15) is 5.69 Å². The maximum absolute atomic E-state index is 10.9. The molecule has 1 aliphatic heterocycles. The first-order valence-corrected chi connectivity index (χ1v) is 6.63. The Morgan fingerprint density at radius 2 is 1.89 bits per heavy atom. The minimum atomic E-state index is -0.984. The average molecular weight is 256 g/mol. The number of aromatic nitrogens is 1. The predicted octanol–water partition coefficient (Wildman–Crippen LogP) is 2.92. The van der Waals surface area contributed by atoms with Crippen LogP contribution in [-0.4, -0.2) is 29.1 Å². The Bertz CT molecular complexity index is 619. The van der Waals surface area contributed by atoms with Crippen LogP contribution < -0.4 is 4.90 Å². The normalized spacial score (nSPS) is 15.7. The number of carbonyl (C=O) groups is 1. The highest BCUT2D eigenvalue weighted by Gasteiger charge is 2.12. The fraction of sp³-hybridized carbons (Fsp3) is 0.333. The van der Waals surface area contributed by atoms with Gasteiger partial charge >= 0.3 is 5.97 Å². The second kappa shape index (κ2) is 4.88. The molecule has 0 radical (unpaired) electrons. The third-order valence-corrected chi connectivity index (χ3v) is 3.61. The maximum atomic E-state index is 10.9. The second-order valence-corrected chi connectivity index (χ2v) is 4.93. The van der Waals surface area contributed by atoms with Gasteiger partial charge in [0.2, 0.25) is 0 Å². The molecule has 19 heavy (non-hydrogen) atoms. The van der Waals surface area contributed by atoms with Crippen molar-refractivity contribution in [3.8, 4) is 0 Å². The highest BCUT2D eigenvalue weighted by molar-refractivity contribution is 5.90. The monoisotopic (exact) mass is 256 g/mol. The lowest BCUT2D eigenvalue weighted by molar-refractivity contribution is 0.0691. The zero-order valence-corrected chi connectivity index (χ0v) is 10.7. The van der Waals surface area contributed by atoms with Gasteiger partial charge in [-0.15, -0.1) is 0 Å². The zero-order chi connectivity index (χ0) is 13.2. The van der Waals surface area contributed by atoms with Crippen molar-refractivity contribution in [3.05, 3.63) is 36.0 Å². The Kier molecular flexibility index (Phi) is 3.07. The van der Waals surface area contributed by atoms with Crippen molar-refractivity contribution in [2.45, 2.75) is 19.3 Å². The summed E-state index contributed by atoms with van der Waals surface area (Å²) in [6.45, 7) is 2.21. The van der Waals surface area contributed by atoms with E-state index in [-0.39, 0.29) is 5.69 Å². The molecule has 0 amide bonds. The number of aromatic carboxylic acids is 1. The summed E-state index contributed by atoms with van der Waals surface area (Å²) in [6, 6.07) is 9.43. The van der Waals surface area contributed by atoms with Crippen LogP contribution >= 0.6 is 0 Å². The first kappa shape index (κ1) is 12.0. The SMILES string of the molecule is O=C(O)c1ccc2cc(N3CCCCC3)ccc2n1. The topological polar surface area (TPSA) is 53.4 Å². The van der Waals surface area contributed by atoms with Crippen molar-refractivity contribution in [3.63, 3.8) is 0 Å². The molecule has 0 unspecified atom stereocenters. The summed E-state index contributed by atoms with van der Waals surface area (Å²) in [5, 5.41) is 9.93. The smallest absolute Gasteiger partial charge is 0.354 e. The standard InChI is InChI=1S/C15H16N2O2/c18-15(19)14-6-4-11-10-12(5-7-13(11)16-14)17-8-2-1-3-9-17/h4-7,10H,1-3,8-9H2,(H,18,19). The van der Waals surface area contributed by atoms with E-state index in [4.69, 9.17) is 5.11 Å². The van der Waals surface area contributed by atoms with Crippen LogP contribution in [0, 0.1) is 0 Å². The Morgan fingerprint density at radius 3 is 2.63 bits per heavy atom. The van der Waals surface area contributed by atoms with Crippen LogP contribution in [-0.2, 0) is 0 Å². The molecular weight excluding hydrogens is 240 g/mol. The molecule has 0 aliphatic carbocycles. The number of nitrogens with zero attached hydrogens (tertiary/aromatic N) is 2. The van der Waals surface area contributed by atoms with Crippen LogP contribution in [0.3, 0.4) is 0 Å². The zero-order valence-electron chi connectivity index (χ0n) is 10.7. The molecular formula is C15H16N2O2. The Balaban J connectivity index is 1.97. The predicted molar refractivity (Wildman–Crippen MR) is 74.8 cm³/mol. The van der Waals surface area contributed by atoms with E-state index in [9.17, 15) is 4.79 Å². The molecule has 1 N–H and O–H groups in total. The lowest BCUT2D eigenvalue weighted by Crippen LogP contribution is -2.29. The van der Waals surface area contributed by atoms with E-state index < -0.39 is 5.97 Å². The Labute approximate surface area is 111 Å². The summed E-state index contributed by atoms with van der Waals surface area (Å²) in [4.78, 5) is 17.4. The van der Waals surface area contributed by atoms with Crippen LogP contribution in [0.25, 0.3) is 10.9 Å². The van der Waals surface area contributed by atoms with E-state index in [2.05, 4.69) is 16.0 Å². The molecule has 2 aromatic rings. The van der Waals surface area contributed by atoms with E-state index >= 15 is 0 Å². The molecule has 1 fully saturated rings. The lowest BCUT2D eigenvalue weighted by Gasteiger charge is -2.28. The first-order chi connectivity index (χ1) is 9.24. The minimum Gasteiger partial charge on any atom is -0.477 e. The molecule has 1 aromatic heterocycles. The molecule has 0 atom stereocenters. The number of anilines is 1. The van der Waals surface area contributed by atoms with Gasteiger partial charge in [0.05, 0.1) is 5.52 Å². The van der Waals surface area contributed by atoms with E-state index in [1.807, 2.05) is 18.2 Å². The molecule has 98 valence electrons. The molecule has 0 spiro atoms. The highest BCUT2D eigenvalue weighted by atomic mass is 16.4. The Morgan fingerprint density at radius 1 is 1.11 bits per heavy atom. The number of pyridine rings is 1. The molecule has 1 saturated heterocycles. The van der Waals surface area contributed by atoms with Gasteiger partial charge in [0.15, 0.2) is 0 Å². The van der Waals surface area contributed by atoms with Crippen molar-refractivity contribution in [2.75, 3.05) is 18.0 Å². The van der Waals surface area contributed by atoms with Gasteiger partial charge in [-0.2, -0.15) is 0 Å². The van der Waals surface area contributed by atoms with Gasteiger partial charge in [-0.25, -0.2) is 9.78 Å². The van der Waals surface area contributed by atoms with Crippen molar-refractivity contribution in [1.29, 1.82) is 0 Å². The van der Waals surface area contributed by atoms with Crippen LogP contribution in [0.4, 0.5) is 5.69 Å². The number of rotatable bonds is 2. The van der Waals surface area contributed by atoms with E-state index in [0.717, 1.165) is 24.0 Å². The molecule has 3 rings (SSSR count). The van der Waals surface area contributed by atoms with Gasteiger partial charge in [-0.05, 0) is 43.5 Å². The number of piperidine rings is 1. The molecule has 1 aliphatic rings. The number of carboxylic acid groups (broad SMARTS) is 1. The van der Waals surface area contributed by atoms with Crippen LogP contribution in [0.1, 0.15) is 29.8 Å². The number of hydrogen-bond acceptors (Lipinski definition) is 3. The van der Waals surface area contributed by atoms with Gasteiger partial charge in [0, 0.05) is 24.2 Å². The minimum absolute atomic E-state index is 0.0956. The third-order valence-electron chi connectivity index (χ3n) is 3.61. The van der Waals surface area contributed by atoms with E-state index in [1.54, 1.807) is 6.07 Å². The number of benzene rings is 1. The number of hydrogen-bond donors (Lipinski definition) is 1. The second-order valence-electron chi connectivity index (χ2n) is 4.93. The van der Waals surface area contributed by atoms with Crippen molar-refractivity contribution >= 4 is 22.6 Å².